The van der Waals surface area contributed by atoms with E-state index < -0.39 is 0 Å². The second-order valence-electron chi connectivity index (χ2n) is 14.3. The molecule has 9 nitrogen and oxygen atoms in total. The van der Waals surface area contributed by atoms with Gasteiger partial charge in [0, 0.05) is 72.0 Å². The zero-order valence-corrected chi connectivity index (χ0v) is 31.6. The van der Waals surface area contributed by atoms with Crippen molar-refractivity contribution in [2.24, 2.45) is 0 Å². The van der Waals surface area contributed by atoms with Gasteiger partial charge in [-0.2, -0.15) is 0 Å². The summed E-state index contributed by atoms with van der Waals surface area (Å²) in [6, 6.07) is 33.6. The van der Waals surface area contributed by atoms with Crippen molar-refractivity contribution in [2.75, 3.05) is 0 Å². The van der Waals surface area contributed by atoms with Gasteiger partial charge in [-0.25, -0.2) is 19.9 Å². The Labute approximate surface area is 320 Å². The molecule has 4 aromatic carbocycles. The Morgan fingerprint density at radius 2 is 0.873 bits per heavy atom. The third kappa shape index (κ3) is 7.82. The molecule has 0 spiro atoms. The lowest BCUT2D eigenvalue weighted by Crippen LogP contribution is -2.00. The van der Waals surface area contributed by atoms with Crippen LogP contribution in [-0.2, 0) is 0 Å². The molecule has 0 saturated carbocycles. The van der Waals surface area contributed by atoms with E-state index in [1.165, 1.54) is 0 Å². The maximum atomic E-state index is 6.56. The molecule has 0 aliphatic carbocycles. The van der Waals surface area contributed by atoms with Gasteiger partial charge in [-0.1, -0.05) is 27.7 Å². The molecular weight excluding hydrogens is 687 g/mol. The third-order valence-electron chi connectivity index (χ3n) is 9.30. The Kier molecular flexibility index (Phi) is 9.59. The number of nitrogens with zero attached hydrogens (tertiary/aromatic N) is 5. The van der Waals surface area contributed by atoms with Crippen molar-refractivity contribution in [3.63, 3.8) is 0 Å². The quantitative estimate of drug-likeness (QED) is 0.130. The van der Waals surface area contributed by atoms with Crippen molar-refractivity contribution >= 4 is 21.8 Å². The average Bonchev–Trinajstić information content (AvgIpc) is 3.47. The predicted octanol–water partition coefficient (Wildman–Crippen LogP) is 12.4. The van der Waals surface area contributed by atoms with E-state index >= 15 is 0 Å². The third-order valence-corrected chi connectivity index (χ3v) is 9.30. The fourth-order valence-corrected chi connectivity index (χ4v) is 6.46. The van der Waals surface area contributed by atoms with Crippen molar-refractivity contribution in [3.05, 3.63) is 150 Å². The predicted molar refractivity (Wildman–Crippen MR) is 216 cm³/mol. The van der Waals surface area contributed by atoms with E-state index in [1.807, 2.05) is 109 Å². The highest BCUT2D eigenvalue weighted by Crippen LogP contribution is 2.39. The summed E-state index contributed by atoms with van der Waals surface area (Å²) in [5, 5.41) is 2.05. The first-order valence-electron chi connectivity index (χ1n) is 18.4. The summed E-state index contributed by atoms with van der Waals surface area (Å²) in [4.78, 5) is 18.1. The van der Waals surface area contributed by atoms with Crippen LogP contribution in [0.4, 0.5) is 0 Å². The molecule has 274 valence electrons. The summed E-state index contributed by atoms with van der Waals surface area (Å²) in [5.74, 6) is 6.05. The molecule has 0 atom stereocenters. The topological polar surface area (TPSA) is 93.4 Å². The van der Waals surface area contributed by atoms with E-state index in [1.54, 1.807) is 24.8 Å². The van der Waals surface area contributed by atoms with Gasteiger partial charge in [0.2, 0.25) is 17.7 Å². The van der Waals surface area contributed by atoms with Gasteiger partial charge in [0.1, 0.15) is 34.5 Å². The Balaban J connectivity index is 1.17. The normalized spacial score (nSPS) is 11.4. The molecule has 0 fully saturated rings. The van der Waals surface area contributed by atoms with Crippen molar-refractivity contribution < 1.29 is 18.9 Å². The van der Waals surface area contributed by atoms with Crippen LogP contribution < -0.4 is 18.9 Å². The number of aryl methyl sites for hydroxylation is 2. The highest BCUT2D eigenvalue weighted by Gasteiger charge is 2.18. The lowest BCUT2D eigenvalue weighted by Gasteiger charge is -2.14. The molecule has 0 aliphatic rings. The first kappa shape index (κ1) is 35.3. The van der Waals surface area contributed by atoms with E-state index in [2.05, 4.69) is 59.8 Å². The Morgan fingerprint density at radius 3 is 1.29 bits per heavy atom. The monoisotopic (exact) mass is 727 g/mol. The number of aromatic nitrogens is 5. The number of benzene rings is 4. The molecular formula is C46H41N5O4. The number of pyridine rings is 2. The van der Waals surface area contributed by atoms with Gasteiger partial charge in [0.25, 0.3) is 0 Å². The number of fused-ring (bicyclic) bond motifs is 3. The van der Waals surface area contributed by atoms with Crippen LogP contribution in [0.5, 0.6) is 46.3 Å². The summed E-state index contributed by atoms with van der Waals surface area (Å²) < 4.78 is 27.5. The van der Waals surface area contributed by atoms with Crippen LogP contribution in [0.3, 0.4) is 0 Å². The van der Waals surface area contributed by atoms with E-state index in [0.717, 1.165) is 44.1 Å². The fourth-order valence-electron chi connectivity index (χ4n) is 6.46. The zero-order chi connectivity index (χ0) is 38.1. The molecule has 0 aliphatic heterocycles. The second kappa shape index (κ2) is 14.9. The average molecular weight is 728 g/mol. The molecule has 0 radical (unpaired) electrons. The summed E-state index contributed by atoms with van der Waals surface area (Å²) >= 11 is 0. The van der Waals surface area contributed by atoms with Crippen LogP contribution in [0.1, 0.15) is 61.8 Å². The van der Waals surface area contributed by atoms with Gasteiger partial charge >= 0.3 is 0 Å². The van der Waals surface area contributed by atoms with E-state index in [0.29, 0.717) is 52.2 Å². The van der Waals surface area contributed by atoms with Gasteiger partial charge in [-0.05, 0) is 115 Å². The van der Waals surface area contributed by atoms with E-state index in [-0.39, 0.29) is 11.8 Å². The molecule has 0 unspecified atom stereocenters. The van der Waals surface area contributed by atoms with Crippen LogP contribution in [0.15, 0.2) is 128 Å². The summed E-state index contributed by atoms with van der Waals surface area (Å²) in [6.07, 6.45) is 6.97. The van der Waals surface area contributed by atoms with Crippen molar-refractivity contribution in [1.29, 1.82) is 0 Å². The van der Waals surface area contributed by atoms with E-state index in [4.69, 9.17) is 18.9 Å². The number of hydrogen-bond acceptors (Lipinski definition) is 8. The summed E-state index contributed by atoms with van der Waals surface area (Å²) in [5.41, 5.74) is 6.10. The molecule has 0 bridgehead atoms. The molecule has 55 heavy (non-hydrogen) atoms. The minimum absolute atomic E-state index is 0.255. The Morgan fingerprint density at radius 1 is 0.436 bits per heavy atom. The standard InChI is InChI=1S/C46H41N5O4/c1-28(2)32-20-36(24-38(22-32)54-44-18-30(5)12-16-47-44)52-34-8-10-40-41-11-9-35(27-43(41)51(42(40)26-34)46-49-14-7-15-50-46)53-37-21-33(29(3)4)23-39(25-37)55-45-19-31(6)13-17-48-45/h7-29H,1-6H3. The van der Waals surface area contributed by atoms with Crippen LogP contribution in [0.25, 0.3) is 27.8 Å². The zero-order valence-electron chi connectivity index (χ0n) is 31.6. The Hall–Kier alpha value is -6.74. The molecule has 9 heteroatoms. The van der Waals surface area contributed by atoms with Crippen LogP contribution in [-0.4, -0.2) is 24.5 Å². The highest BCUT2D eigenvalue weighted by molar-refractivity contribution is 6.09. The molecule has 4 aromatic heterocycles. The molecule has 0 amide bonds. The van der Waals surface area contributed by atoms with Crippen molar-refractivity contribution in [1.82, 2.24) is 24.5 Å². The van der Waals surface area contributed by atoms with E-state index in [9.17, 15) is 0 Å². The number of hydrogen-bond donors (Lipinski definition) is 0. The molecule has 4 heterocycles. The maximum Gasteiger partial charge on any atom is 0.234 e. The maximum absolute atomic E-state index is 6.56. The van der Waals surface area contributed by atoms with Crippen LogP contribution in [0.2, 0.25) is 0 Å². The first-order valence-corrected chi connectivity index (χ1v) is 18.4. The van der Waals surface area contributed by atoms with Crippen molar-refractivity contribution in [3.8, 4) is 52.2 Å². The highest BCUT2D eigenvalue weighted by atomic mass is 16.5. The van der Waals surface area contributed by atoms with Gasteiger partial charge in [-0.3, -0.25) is 4.57 Å². The minimum Gasteiger partial charge on any atom is -0.457 e. The lowest BCUT2D eigenvalue weighted by atomic mass is 10.0. The molecule has 0 N–H and O–H groups in total. The number of ether oxygens (including phenoxy) is 4. The molecule has 0 saturated heterocycles. The van der Waals surface area contributed by atoms with Gasteiger partial charge in [0.05, 0.1) is 11.0 Å². The molecule has 8 aromatic rings. The second-order valence-corrected chi connectivity index (χ2v) is 14.3. The van der Waals surface area contributed by atoms with Crippen LogP contribution >= 0.6 is 0 Å². The molecule has 8 rings (SSSR count). The summed E-state index contributed by atoms with van der Waals surface area (Å²) in [6.45, 7) is 12.6. The van der Waals surface area contributed by atoms with Crippen molar-refractivity contribution in [2.45, 2.75) is 53.4 Å². The first-order chi connectivity index (χ1) is 26.6. The minimum atomic E-state index is 0.255. The van der Waals surface area contributed by atoms with Gasteiger partial charge in [0.15, 0.2) is 0 Å². The van der Waals surface area contributed by atoms with Crippen LogP contribution in [0, 0.1) is 13.8 Å². The summed E-state index contributed by atoms with van der Waals surface area (Å²) in [7, 11) is 0. The van der Waals surface area contributed by atoms with Gasteiger partial charge in [-0.15, -0.1) is 0 Å². The lowest BCUT2D eigenvalue weighted by molar-refractivity contribution is 0.446. The smallest absolute Gasteiger partial charge is 0.234 e. The Bertz CT molecular complexity index is 2490. The largest absolute Gasteiger partial charge is 0.457 e. The fraction of sp³-hybridized carbons (Fsp3) is 0.174. The SMILES string of the molecule is Cc1ccnc(Oc2cc(Oc3ccc4c5ccc(Oc6cc(Oc7cc(C)ccn7)cc(C(C)C)c6)cc5n(-c5ncccn5)c4c3)cc(C(C)C)c2)c1. The van der Waals surface area contributed by atoms with Gasteiger partial charge < -0.3 is 18.9 Å². The number of rotatable bonds is 11.